The fourth-order valence-corrected chi connectivity index (χ4v) is 3.53. The van der Waals surface area contributed by atoms with Gasteiger partial charge in [-0.3, -0.25) is 4.79 Å². The number of amides is 3. The summed E-state index contributed by atoms with van der Waals surface area (Å²) in [5.41, 5.74) is 1.12. The molecule has 0 radical (unpaired) electrons. The molecule has 0 bridgehead atoms. The van der Waals surface area contributed by atoms with Gasteiger partial charge in [-0.2, -0.15) is 0 Å². The zero-order valence-corrected chi connectivity index (χ0v) is 14.7. The lowest BCUT2D eigenvalue weighted by molar-refractivity contribution is -0.907. The maximum atomic E-state index is 12.3. The van der Waals surface area contributed by atoms with Crippen LogP contribution >= 0.6 is 11.6 Å². The second-order valence-electron chi connectivity index (χ2n) is 6.43. The highest BCUT2D eigenvalue weighted by Crippen LogP contribution is 2.19. The highest BCUT2D eigenvalue weighted by atomic mass is 35.5. The highest BCUT2D eigenvalue weighted by molar-refractivity contribution is 6.30. The lowest BCUT2D eigenvalue weighted by atomic mass is 10.2. The Balaban J connectivity index is 1.54. The van der Waals surface area contributed by atoms with E-state index in [0.717, 1.165) is 43.3 Å². The molecule has 0 aliphatic carbocycles. The number of piperazine rings is 1. The summed E-state index contributed by atoms with van der Waals surface area (Å²) < 4.78 is 0. The number of hydrogen-bond donors (Lipinski definition) is 2. The van der Waals surface area contributed by atoms with Gasteiger partial charge in [0, 0.05) is 10.7 Å². The number of carbonyl (C=O) groups is 2. The van der Waals surface area contributed by atoms with Crippen LogP contribution in [0.25, 0.3) is 0 Å². The SMILES string of the molecule is CCC[C@H]1NC(=O)N(C[NH+]2CCN(c3cccc(Cl)c3)CC2)C1=O. The number of imide groups is 1. The number of benzene rings is 1. The number of quaternary nitrogens is 1. The zero-order valence-electron chi connectivity index (χ0n) is 13.9. The summed E-state index contributed by atoms with van der Waals surface area (Å²) in [6.45, 7) is 6.02. The van der Waals surface area contributed by atoms with Gasteiger partial charge in [-0.15, -0.1) is 0 Å². The van der Waals surface area contributed by atoms with Gasteiger partial charge in [-0.05, 0) is 24.6 Å². The van der Waals surface area contributed by atoms with Crippen molar-refractivity contribution in [3.05, 3.63) is 29.3 Å². The summed E-state index contributed by atoms with van der Waals surface area (Å²) in [5.74, 6) is -0.0772. The quantitative estimate of drug-likeness (QED) is 0.769. The summed E-state index contributed by atoms with van der Waals surface area (Å²) in [4.78, 5) is 29.3. The van der Waals surface area contributed by atoms with Crippen molar-refractivity contribution in [2.75, 3.05) is 37.7 Å². The van der Waals surface area contributed by atoms with Crippen LogP contribution in [0.5, 0.6) is 0 Å². The van der Waals surface area contributed by atoms with E-state index in [2.05, 4.69) is 16.3 Å². The predicted molar refractivity (Wildman–Crippen MR) is 93.3 cm³/mol. The molecule has 0 aromatic heterocycles. The van der Waals surface area contributed by atoms with Crippen LogP contribution in [-0.2, 0) is 4.79 Å². The van der Waals surface area contributed by atoms with Gasteiger partial charge in [0.1, 0.15) is 6.04 Å². The molecule has 1 aromatic carbocycles. The van der Waals surface area contributed by atoms with Crippen LogP contribution in [-0.4, -0.2) is 55.7 Å². The fourth-order valence-electron chi connectivity index (χ4n) is 3.35. The smallest absolute Gasteiger partial charge is 0.329 e. The number of halogens is 1. The number of nitrogens with zero attached hydrogens (tertiary/aromatic N) is 2. The van der Waals surface area contributed by atoms with Crippen LogP contribution in [0.2, 0.25) is 5.02 Å². The third-order valence-corrected chi connectivity index (χ3v) is 4.95. The minimum absolute atomic E-state index is 0.0772. The first-order valence-electron chi connectivity index (χ1n) is 8.54. The van der Waals surface area contributed by atoms with Gasteiger partial charge in [0.15, 0.2) is 6.67 Å². The minimum Gasteiger partial charge on any atom is -0.360 e. The van der Waals surface area contributed by atoms with Crippen molar-refractivity contribution in [1.29, 1.82) is 0 Å². The lowest BCUT2D eigenvalue weighted by Crippen LogP contribution is -3.16. The van der Waals surface area contributed by atoms with E-state index in [1.54, 1.807) is 0 Å². The van der Waals surface area contributed by atoms with Gasteiger partial charge in [0.05, 0.1) is 26.2 Å². The topological polar surface area (TPSA) is 57.1 Å². The Morgan fingerprint density at radius 1 is 1.29 bits per heavy atom. The van der Waals surface area contributed by atoms with Gasteiger partial charge in [0.2, 0.25) is 0 Å². The molecule has 1 atom stereocenters. The molecule has 130 valence electrons. The van der Waals surface area contributed by atoms with E-state index in [4.69, 9.17) is 11.6 Å². The monoisotopic (exact) mass is 351 g/mol. The Morgan fingerprint density at radius 3 is 2.71 bits per heavy atom. The van der Waals surface area contributed by atoms with E-state index in [-0.39, 0.29) is 18.0 Å². The summed E-state index contributed by atoms with van der Waals surface area (Å²) in [5, 5.41) is 3.52. The first-order chi connectivity index (χ1) is 11.6. The maximum Gasteiger partial charge on any atom is 0.329 e. The molecule has 6 nitrogen and oxygen atoms in total. The normalized spacial score (nSPS) is 22.2. The lowest BCUT2D eigenvalue weighted by Gasteiger charge is -2.34. The van der Waals surface area contributed by atoms with E-state index >= 15 is 0 Å². The molecule has 2 aliphatic rings. The van der Waals surface area contributed by atoms with Gasteiger partial charge in [-0.25, -0.2) is 9.69 Å². The van der Waals surface area contributed by atoms with Gasteiger partial charge >= 0.3 is 6.03 Å². The molecule has 7 heteroatoms. The number of carbonyl (C=O) groups excluding carboxylic acids is 2. The molecule has 24 heavy (non-hydrogen) atoms. The predicted octanol–water partition coefficient (Wildman–Crippen LogP) is 0.723. The number of urea groups is 1. The van der Waals surface area contributed by atoms with Crippen molar-refractivity contribution in [1.82, 2.24) is 10.2 Å². The molecule has 2 N–H and O–H groups in total. The second-order valence-corrected chi connectivity index (χ2v) is 6.87. The Labute approximate surface area is 147 Å². The molecule has 2 heterocycles. The largest absolute Gasteiger partial charge is 0.360 e. The van der Waals surface area contributed by atoms with Crippen molar-refractivity contribution >= 4 is 29.2 Å². The Kier molecular flexibility index (Phi) is 5.26. The minimum atomic E-state index is -0.338. The van der Waals surface area contributed by atoms with E-state index in [0.29, 0.717) is 13.1 Å². The van der Waals surface area contributed by atoms with Crippen molar-refractivity contribution in [2.24, 2.45) is 0 Å². The van der Waals surface area contributed by atoms with Crippen molar-refractivity contribution in [2.45, 2.75) is 25.8 Å². The molecule has 0 spiro atoms. The number of hydrogen-bond acceptors (Lipinski definition) is 3. The third-order valence-electron chi connectivity index (χ3n) is 4.71. The van der Waals surface area contributed by atoms with E-state index in [9.17, 15) is 9.59 Å². The van der Waals surface area contributed by atoms with Crippen LogP contribution in [0.15, 0.2) is 24.3 Å². The van der Waals surface area contributed by atoms with Gasteiger partial charge in [0.25, 0.3) is 5.91 Å². The number of anilines is 1. The molecular formula is C17H24ClN4O2+. The Bertz CT molecular complexity index is 616. The third kappa shape index (κ3) is 3.65. The molecule has 2 aliphatic heterocycles. The van der Waals surface area contributed by atoms with Crippen molar-refractivity contribution < 1.29 is 14.5 Å². The molecule has 3 rings (SSSR count). The average molecular weight is 352 g/mol. The summed E-state index contributed by atoms with van der Waals surface area (Å²) in [7, 11) is 0. The van der Waals surface area contributed by atoms with Crippen molar-refractivity contribution in [3.63, 3.8) is 0 Å². The molecule has 2 saturated heterocycles. The van der Waals surface area contributed by atoms with Crippen LogP contribution in [0, 0.1) is 0 Å². The van der Waals surface area contributed by atoms with E-state index in [1.165, 1.54) is 9.80 Å². The summed E-state index contributed by atoms with van der Waals surface area (Å²) in [6.07, 6.45) is 1.59. The fraction of sp³-hybridized carbons (Fsp3) is 0.529. The standard InChI is InChI=1S/C17H23ClN4O2/c1-2-4-15-16(23)22(17(24)19-15)12-20-7-9-21(10-8-20)14-6-3-5-13(18)11-14/h3,5-6,11,15H,2,4,7-10,12H2,1H3,(H,19,24)/p+1/t15-/m1/s1. The molecule has 1 aromatic rings. The molecule has 2 fully saturated rings. The van der Waals surface area contributed by atoms with Crippen LogP contribution < -0.4 is 15.1 Å². The maximum absolute atomic E-state index is 12.3. The Hall–Kier alpha value is -1.79. The Morgan fingerprint density at radius 2 is 2.04 bits per heavy atom. The first-order valence-corrected chi connectivity index (χ1v) is 8.92. The van der Waals surface area contributed by atoms with Crippen LogP contribution in [0.3, 0.4) is 0 Å². The van der Waals surface area contributed by atoms with Gasteiger partial charge < -0.3 is 15.1 Å². The molecule has 0 unspecified atom stereocenters. The highest BCUT2D eigenvalue weighted by Gasteiger charge is 2.39. The summed E-state index contributed by atoms with van der Waals surface area (Å²) >= 11 is 6.06. The van der Waals surface area contributed by atoms with E-state index < -0.39 is 0 Å². The number of rotatable bonds is 5. The van der Waals surface area contributed by atoms with Crippen LogP contribution in [0.1, 0.15) is 19.8 Å². The first kappa shape index (κ1) is 17.0. The molecule has 3 amide bonds. The van der Waals surface area contributed by atoms with Gasteiger partial charge in [-0.1, -0.05) is 31.0 Å². The van der Waals surface area contributed by atoms with Crippen molar-refractivity contribution in [3.8, 4) is 0 Å². The van der Waals surface area contributed by atoms with E-state index in [1.807, 2.05) is 25.1 Å². The van der Waals surface area contributed by atoms with Crippen LogP contribution in [0.4, 0.5) is 10.5 Å². The average Bonchev–Trinajstić information content (AvgIpc) is 2.83. The summed E-state index contributed by atoms with van der Waals surface area (Å²) in [6, 6.07) is 7.27. The molecule has 0 saturated carbocycles. The second kappa shape index (κ2) is 7.40. The number of nitrogens with one attached hydrogen (secondary N) is 2. The zero-order chi connectivity index (χ0) is 17.1. The molecular weight excluding hydrogens is 328 g/mol.